The van der Waals surface area contributed by atoms with Gasteiger partial charge in [0, 0.05) is 0 Å². The molecule has 1 saturated carbocycles. The van der Waals surface area contributed by atoms with E-state index in [1.807, 2.05) is 5.57 Å². The molecular weight excluding hydrogens is 875 g/mol. The Bertz CT molecular complexity index is 2740. The average Bonchev–Trinajstić information content (AvgIpc) is 3.78. The van der Waals surface area contributed by atoms with Crippen molar-refractivity contribution in [1.29, 1.82) is 0 Å². The van der Waals surface area contributed by atoms with Crippen molar-refractivity contribution in [1.82, 2.24) is 0 Å². The first-order valence-corrected chi connectivity index (χ1v) is 31.2. The second-order valence-electron chi connectivity index (χ2n) is 21.3. The van der Waals surface area contributed by atoms with Crippen LogP contribution in [0.5, 0.6) is 0 Å². The molecule has 4 atom stereocenters. The summed E-state index contributed by atoms with van der Waals surface area (Å²) in [4.78, 5) is 0. The van der Waals surface area contributed by atoms with Gasteiger partial charge >= 0.3 is 370 Å². The monoisotopic (exact) mass is 936 g/mol. The summed E-state index contributed by atoms with van der Waals surface area (Å²) < 4.78 is 0.0825. The van der Waals surface area contributed by atoms with Crippen molar-refractivity contribution in [2.45, 2.75) is 117 Å². The summed E-state index contributed by atoms with van der Waals surface area (Å²) in [7, 11) is 0. The molecule has 0 heterocycles. The van der Waals surface area contributed by atoms with E-state index in [1.54, 1.807) is 33.4 Å². The second kappa shape index (κ2) is 15.2. The van der Waals surface area contributed by atoms with Crippen molar-refractivity contribution in [2.75, 3.05) is 0 Å². The van der Waals surface area contributed by atoms with E-state index in [2.05, 4.69) is 191 Å². The van der Waals surface area contributed by atoms with E-state index in [4.69, 9.17) is 0 Å². The molecule has 0 amide bonds. The van der Waals surface area contributed by atoms with E-state index in [9.17, 15) is 0 Å². The van der Waals surface area contributed by atoms with Gasteiger partial charge in [0.05, 0.1) is 0 Å². The van der Waals surface area contributed by atoms with Crippen LogP contribution in [-0.2, 0) is 28.8 Å². The molecule has 4 unspecified atom stereocenters. The molecule has 5 aliphatic carbocycles. The van der Waals surface area contributed by atoms with Crippen molar-refractivity contribution in [2.24, 2.45) is 27.1 Å². The maximum Gasteiger partial charge on any atom is -1.00 e. The SMILES string of the molecule is CCCC1=Cc2c(-c3cc4ccccc4c4ccccc34)cccc2C1[C]1([Zr+2][SiH](C)C)C2=C3Cc4ccccc4C3=C3C=CCCC3(C)C2(C)C(C)(C)C(C)(C)C1(C)C.[Cl-].[Cl-]. The zero-order valence-corrected chi connectivity index (χ0v) is 43.5. The number of rotatable bonds is 6. The van der Waals surface area contributed by atoms with E-state index in [0.717, 1.165) is 19.3 Å². The standard InChI is InChI=1S/C55H57.C2H7Si.2ClH.Zr/c1-10-20-36-33-44-41(43-31-34-21-11-13-23-37(34)39-25-15-16-26-40(39)43)27-19-28-42(44)47(36)50-49-45-32-35-22-12-14-24-38(35)48(45)46-29-17-18-30-54(46,8)55(49,9)53(6,7)52(4,5)51(50,2)3;1-3-2;;;/h11-17,19,21-29,31,33,47H,10,18,20,30,32H2,1-9H3;3H,1-2H3;2*1H;/q;;;;+2/p-2. The number of hydrogen-bond donors (Lipinski definition) is 0. The minimum atomic E-state index is -1.11. The van der Waals surface area contributed by atoms with Crippen LogP contribution in [0, 0.1) is 27.1 Å². The number of allylic oxidation sites excluding steroid dienone is 7. The molecular formula is C57H64Cl2SiZr. The Morgan fingerprint density at radius 3 is 2.07 bits per heavy atom. The van der Waals surface area contributed by atoms with Gasteiger partial charge in [-0.05, 0) is 0 Å². The molecule has 0 nitrogen and oxygen atoms in total. The fourth-order valence-electron chi connectivity index (χ4n) is 14.4. The molecule has 314 valence electrons. The molecule has 5 aromatic rings. The maximum atomic E-state index is 2.83. The van der Waals surface area contributed by atoms with Crippen LogP contribution in [0.1, 0.15) is 116 Å². The molecule has 0 aromatic heterocycles. The molecule has 4 heteroatoms. The minimum absolute atomic E-state index is 0. The van der Waals surface area contributed by atoms with Gasteiger partial charge in [-0.2, -0.15) is 0 Å². The molecule has 0 aliphatic heterocycles. The molecule has 10 rings (SSSR count). The fraction of sp³-hybridized carbons (Fsp3) is 0.404. The van der Waals surface area contributed by atoms with Gasteiger partial charge < -0.3 is 24.8 Å². The Kier molecular flexibility index (Phi) is 11.2. The Morgan fingerprint density at radius 2 is 1.34 bits per heavy atom. The predicted octanol–water partition coefficient (Wildman–Crippen LogP) is 9.95. The number of fused-ring (bicyclic) bond motifs is 10. The normalized spacial score (nSPS) is 27.3. The topological polar surface area (TPSA) is 0 Å². The van der Waals surface area contributed by atoms with Gasteiger partial charge in [-0.1, -0.05) is 0 Å². The van der Waals surface area contributed by atoms with Crippen LogP contribution in [0.25, 0.3) is 44.3 Å². The Labute approximate surface area is 391 Å². The fourth-order valence-corrected chi connectivity index (χ4v) is 30.2. The van der Waals surface area contributed by atoms with Crippen molar-refractivity contribution in [3.05, 3.63) is 154 Å². The zero-order chi connectivity index (χ0) is 41.5. The molecule has 0 spiro atoms. The molecule has 5 aromatic carbocycles. The van der Waals surface area contributed by atoms with Crippen molar-refractivity contribution in [3.8, 4) is 11.1 Å². The minimum Gasteiger partial charge on any atom is -1.00 e. The first-order valence-electron chi connectivity index (χ1n) is 22.8. The van der Waals surface area contributed by atoms with Gasteiger partial charge in [0.1, 0.15) is 0 Å². The van der Waals surface area contributed by atoms with Crippen LogP contribution in [0.2, 0.25) is 16.2 Å². The smallest absolute Gasteiger partial charge is 1.00 e. The van der Waals surface area contributed by atoms with Gasteiger partial charge in [0.15, 0.2) is 0 Å². The third-order valence-electron chi connectivity index (χ3n) is 18.3. The third kappa shape index (κ3) is 5.56. The van der Waals surface area contributed by atoms with Crippen molar-refractivity contribution < 1.29 is 47.2 Å². The molecule has 0 saturated heterocycles. The van der Waals surface area contributed by atoms with Crippen molar-refractivity contribution >= 4 is 39.1 Å². The number of benzene rings is 5. The van der Waals surface area contributed by atoms with Crippen LogP contribution in [0.15, 0.2) is 132 Å². The number of hydrogen-bond acceptors (Lipinski definition) is 0. The Hall–Kier alpha value is -2.74. The summed E-state index contributed by atoms with van der Waals surface area (Å²) in [5, 5.41) is 5.40. The molecule has 5 aliphatic rings. The second-order valence-corrected chi connectivity index (χ2v) is 36.4. The van der Waals surface area contributed by atoms with Crippen LogP contribution in [0.3, 0.4) is 0 Å². The quantitative estimate of drug-likeness (QED) is 0.118. The van der Waals surface area contributed by atoms with Crippen LogP contribution >= 0.6 is 0 Å². The Morgan fingerprint density at radius 1 is 0.689 bits per heavy atom. The maximum absolute atomic E-state index is 2.83. The van der Waals surface area contributed by atoms with E-state index < -0.39 is 28.3 Å². The van der Waals surface area contributed by atoms with Gasteiger partial charge in [-0.3, -0.25) is 0 Å². The zero-order valence-electron chi connectivity index (χ0n) is 38.4. The van der Waals surface area contributed by atoms with Crippen LogP contribution in [-0.4, -0.2) is 5.92 Å². The van der Waals surface area contributed by atoms with Crippen molar-refractivity contribution in [3.63, 3.8) is 0 Å². The first-order chi connectivity index (χ1) is 28.1. The van der Waals surface area contributed by atoms with Crippen LogP contribution < -0.4 is 24.8 Å². The van der Waals surface area contributed by atoms with E-state index in [-0.39, 0.29) is 55.0 Å². The Balaban J connectivity index is 0.00000257. The van der Waals surface area contributed by atoms with Crippen LogP contribution in [0.4, 0.5) is 0 Å². The summed E-state index contributed by atoms with van der Waals surface area (Å²) in [6, 6.07) is 37.8. The van der Waals surface area contributed by atoms with Gasteiger partial charge in [-0.15, -0.1) is 0 Å². The van der Waals surface area contributed by atoms with E-state index >= 15 is 0 Å². The largest absolute Gasteiger partial charge is 1.00 e. The van der Waals surface area contributed by atoms with Gasteiger partial charge in [0.25, 0.3) is 0 Å². The average molecular weight is 939 g/mol. The summed E-state index contributed by atoms with van der Waals surface area (Å²) in [6.07, 6.45) is 13.7. The molecule has 1 fully saturated rings. The summed E-state index contributed by atoms with van der Waals surface area (Å²) >= 11 is -1.11. The third-order valence-corrected chi connectivity index (χ3v) is 29.8. The molecule has 0 N–H and O–H groups in total. The van der Waals surface area contributed by atoms with Gasteiger partial charge in [-0.25, -0.2) is 0 Å². The molecule has 61 heavy (non-hydrogen) atoms. The first kappa shape index (κ1) is 44.9. The summed E-state index contributed by atoms with van der Waals surface area (Å²) in [6.45, 7) is 30.0. The molecule has 0 radical (unpaired) electrons. The summed E-state index contributed by atoms with van der Waals surface area (Å²) in [5.74, 6) is -0.656. The molecule has 0 bridgehead atoms. The predicted molar refractivity (Wildman–Crippen MR) is 254 cm³/mol. The van der Waals surface area contributed by atoms with E-state index in [1.165, 1.54) is 56.6 Å². The number of halogens is 2. The van der Waals surface area contributed by atoms with Gasteiger partial charge in [0.2, 0.25) is 0 Å². The summed E-state index contributed by atoms with van der Waals surface area (Å²) in [5.41, 5.74) is 17.8. The van der Waals surface area contributed by atoms with E-state index in [0.29, 0.717) is 5.92 Å².